The second-order valence-electron chi connectivity index (χ2n) is 5.85. The monoisotopic (exact) mass is 420 g/mol. The minimum Gasteiger partial charge on any atom is -0.494 e. The fourth-order valence-corrected chi connectivity index (χ4v) is 3.05. The van der Waals surface area contributed by atoms with Gasteiger partial charge < -0.3 is 19.1 Å². The zero-order valence-corrected chi connectivity index (χ0v) is 16.1. The van der Waals surface area contributed by atoms with Crippen molar-refractivity contribution in [1.82, 2.24) is 9.88 Å². The number of aromatic nitrogens is 1. The van der Waals surface area contributed by atoms with E-state index in [1.807, 2.05) is 31.2 Å². The number of benzene rings is 1. The number of amides is 1. The van der Waals surface area contributed by atoms with Crippen LogP contribution in [-0.4, -0.2) is 48.2 Å². The number of nitrogens with zero attached hydrogens (tertiary/aromatic N) is 2. The molecule has 1 atom stereocenters. The summed E-state index contributed by atoms with van der Waals surface area (Å²) in [6.45, 7) is 3.75. The largest absolute Gasteiger partial charge is 0.494 e. The number of ether oxygens (including phenoxy) is 3. The van der Waals surface area contributed by atoms with E-state index in [1.54, 1.807) is 23.2 Å². The van der Waals surface area contributed by atoms with Crippen LogP contribution in [-0.2, 0) is 4.79 Å². The molecule has 1 amide bonds. The third-order valence-electron chi connectivity index (χ3n) is 4.00. The third-order valence-corrected chi connectivity index (χ3v) is 4.60. The number of carbonyl (C=O) groups is 1. The number of halogens is 1. The molecule has 1 aromatic carbocycles. The van der Waals surface area contributed by atoms with E-state index in [0.29, 0.717) is 31.3 Å². The van der Waals surface area contributed by atoms with Gasteiger partial charge in [-0.2, -0.15) is 0 Å². The molecule has 138 valence electrons. The summed E-state index contributed by atoms with van der Waals surface area (Å²) in [5.41, 5.74) is 0. The fraction of sp³-hybridized carbons (Fsp3) is 0.368. The molecule has 2 heterocycles. The SMILES string of the molecule is CCOc1ccc(OCC(=O)N2CCC(Oc3ncccc3Br)C2)cc1. The molecule has 1 aliphatic rings. The summed E-state index contributed by atoms with van der Waals surface area (Å²) in [6.07, 6.45) is 2.40. The summed E-state index contributed by atoms with van der Waals surface area (Å²) in [7, 11) is 0. The summed E-state index contributed by atoms with van der Waals surface area (Å²) < 4.78 is 17.6. The quantitative estimate of drug-likeness (QED) is 0.687. The van der Waals surface area contributed by atoms with Crippen LogP contribution in [0.1, 0.15) is 13.3 Å². The molecule has 1 saturated heterocycles. The van der Waals surface area contributed by atoms with Crippen LogP contribution >= 0.6 is 15.9 Å². The molecule has 0 saturated carbocycles. The van der Waals surface area contributed by atoms with E-state index >= 15 is 0 Å². The molecule has 0 N–H and O–H groups in total. The minimum atomic E-state index is -0.0596. The summed E-state index contributed by atoms with van der Waals surface area (Å²) in [6, 6.07) is 11.0. The molecule has 1 fully saturated rings. The molecule has 26 heavy (non-hydrogen) atoms. The first-order valence-corrected chi connectivity index (χ1v) is 9.35. The Morgan fingerprint density at radius 1 is 1.23 bits per heavy atom. The molecule has 1 aromatic heterocycles. The van der Waals surface area contributed by atoms with Gasteiger partial charge in [-0.05, 0) is 59.3 Å². The fourth-order valence-electron chi connectivity index (χ4n) is 2.70. The van der Waals surface area contributed by atoms with E-state index in [2.05, 4.69) is 20.9 Å². The Morgan fingerprint density at radius 3 is 2.65 bits per heavy atom. The van der Waals surface area contributed by atoms with E-state index < -0.39 is 0 Å². The minimum absolute atomic E-state index is 0.00792. The molecule has 7 heteroatoms. The van der Waals surface area contributed by atoms with Crippen molar-refractivity contribution in [1.29, 1.82) is 0 Å². The van der Waals surface area contributed by atoms with E-state index in [4.69, 9.17) is 14.2 Å². The molecule has 1 aliphatic heterocycles. The number of rotatable bonds is 7. The van der Waals surface area contributed by atoms with Gasteiger partial charge in [0.25, 0.3) is 5.91 Å². The van der Waals surface area contributed by atoms with Crippen molar-refractivity contribution < 1.29 is 19.0 Å². The Morgan fingerprint density at radius 2 is 1.96 bits per heavy atom. The molecular weight excluding hydrogens is 400 g/mol. The molecule has 0 aliphatic carbocycles. The standard InChI is InChI=1S/C19H21BrN2O4/c1-2-24-14-5-7-15(8-6-14)25-13-18(23)22-11-9-16(12-22)26-19-17(20)4-3-10-21-19/h3-8,10,16H,2,9,11-13H2,1H3. The predicted octanol–water partition coefficient (Wildman–Crippen LogP) is 3.30. The Bertz CT molecular complexity index is 739. The number of likely N-dealkylation sites (tertiary alicyclic amines) is 1. The lowest BCUT2D eigenvalue weighted by Gasteiger charge is -2.17. The number of hydrogen-bond donors (Lipinski definition) is 0. The highest BCUT2D eigenvalue weighted by Crippen LogP contribution is 2.24. The molecule has 2 aromatic rings. The maximum atomic E-state index is 12.3. The number of hydrogen-bond acceptors (Lipinski definition) is 5. The van der Waals surface area contributed by atoms with Gasteiger partial charge in [0.15, 0.2) is 6.61 Å². The maximum absolute atomic E-state index is 12.3. The summed E-state index contributed by atoms with van der Waals surface area (Å²) in [5.74, 6) is 1.93. The average Bonchev–Trinajstić information content (AvgIpc) is 3.12. The van der Waals surface area contributed by atoms with Crippen LogP contribution in [0.2, 0.25) is 0 Å². The van der Waals surface area contributed by atoms with Crippen LogP contribution in [0.15, 0.2) is 47.1 Å². The Hall–Kier alpha value is -2.28. The van der Waals surface area contributed by atoms with Crippen molar-refractivity contribution in [3.05, 3.63) is 47.1 Å². The molecule has 0 radical (unpaired) electrons. The topological polar surface area (TPSA) is 60.9 Å². The Labute approximate surface area is 161 Å². The Balaban J connectivity index is 1.46. The van der Waals surface area contributed by atoms with Crippen molar-refractivity contribution in [2.24, 2.45) is 0 Å². The van der Waals surface area contributed by atoms with E-state index in [-0.39, 0.29) is 18.6 Å². The van der Waals surface area contributed by atoms with E-state index in [9.17, 15) is 4.79 Å². The van der Waals surface area contributed by atoms with Crippen LogP contribution in [0.4, 0.5) is 0 Å². The summed E-state index contributed by atoms with van der Waals surface area (Å²) in [4.78, 5) is 18.3. The van der Waals surface area contributed by atoms with Crippen molar-refractivity contribution >= 4 is 21.8 Å². The normalized spacial score (nSPS) is 16.4. The highest BCUT2D eigenvalue weighted by atomic mass is 79.9. The first-order chi connectivity index (χ1) is 12.7. The van der Waals surface area contributed by atoms with Crippen LogP contribution in [0.25, 0.3) is 0 Å². The highest BCUT2D eigenvalue weighted by Gasteiger charge is 2.28. The molecule has 6 nitrogen and oxygen atoms in total. The zero-order chi connectivity index (χ0) is 18.4. The number of pyridine rings is 1. The van der Waals surface area contributed by atoms with Crippen molar-refractivity contribution in [3.8, 4) is 17.4 Å². The van der Waals surface area contributed by atoms with Gasteiger partial charge in [0.05, 0.1) is 17.6 Å². The van der Waals surface area contributed by atoms with Crippen LogP contribution < -0.4 is 14.2 Å². The van der Waals surface area contributed by atoms with Gasteiger partial charge in [0.1, 0.15) is 17.6 Å². The van der Waals surface area contributed by atoms with Gasteiger partial charge in [0.2, 0.25) is 5.88 Å². The number of carbonyl (C=O) groups excluding carboxylic acids is 1. The second kappa shape index (κ2) is 8.89. The first kappa shape index (κ1) is 18.5. The molecule has 0 bridgehead atoms. The lowest BCUT2D eigenvalue weighted by Crippen LogP contribution is -2.34. The molecular formula is C19H21BrN2O4. The van der Waals surface area contributed by atoms with Crippen LogP contribution in [0.3, 0.4) is 0 Å². The lowest BCUT2D eigenvalue weighted by atomic mass is 10.3. The van der Waals surface area contributed by atoms with Crippen molar-refractivity contribution in [3.63, 3.8) is 0 Å². The zero-order valence-electron chi connectivity index (χ0n) is 14.6. The van der Waals surface area contributed by atoms with Gasteiger partial charge in [0, 0.05) is 19.2 Å². The van der Waals surface area contributed by atoms with Crippen molar-refractivity contribution in [2.75, 3.05) is 26.3 Å². The average molecular weight is 421 g/mol. The predicted molar refractivity (Wildman–Crippen MR) is 101 cm³/mol. The van der Waals surface area contributed by atoms with Crippen molar-refractivity contribution in [2.45, 2.75) is 19.4 Å². The van der Waals surface area contributed by atoms with E-state index in [0.717, 1.165) is 16.6 Å². The van der Waals surface area contributed by atoms with Gasteiger partial charge in [-0.3, -0.25) is 4.79 Å². The van der Waals surface area contributed by atoms with Gasteiger partial charge in [-0.15, -0.1) is 0 Å². The molecule has 1 unspecified atom stereocenters. The van der Waals surface area contributed by atoms with Crippen LogP contribution in [0.5, 0.6) is 17.4 Å². The second-order valence-corrected chi connectivity index (χ2v) is 6.71. The summed E-state index contributed by atoms with van der Waals surface area (Å²) in [5, 5.41) is 0. The summed E-state index contributed by atoms with van der Waals surface area (Å²) >= 11 is 3.42. The Kier molecular flexibility index (Phi) is 6.33. The van der Waals surface area contributed by atoms with Gasteiger partial charge in [-0.25, -0.2) is 4.98 Å². The molecule has 3 rings (SSSR count). The van der Waals surface area contributed by atoms with Crippen LogP contribution in [0, 0.1) is 0 Å². The van der Waals surface area contributed by atoms with E-state index in [1.165, 1.54) is 0 Å². The smallest absolute Gasteiger partial charge is 0.260 e. The first-order valence-electron chi connectivity index (χ1n) is 8.56. The van der Waals surface area contributed by atoms with Gasteiger partial charge >= 0.3 is 0 Å². The highest BCUT2D eigenvalue weighted by molar-refractivity contribution is 9.10. The third kappa shape index (κ3) is 4.88. The maximum Gasteiger partial charge on any atom is 0.260 e. The van der Waals surface area contributed by atoms with Gasteiger partial charge in [-0.1, -0.05) is 0 Å². The molecule has 0 spiro atoms. The lowest BCUT2D eigenvalue weighted by molar-refractivity contribution is -0.132.